The van der Waals surface area contributed by atoms with Crippen molar-refractivity contribution in [2.75, 3.05) is 62.6 Å². The number of pyridine rings is 1. The van der Waals surface area contributed by atoms with Gasteiger partial charge in [-0.25, -0.2) is 4.98 Å². The number of nitrogens with zero attached hydrogens (tertiary/aromatic N) is 4. The number of rotatable bonds is 9. The van der Waals surface area contributed by atoms with E-state index in [1.54, 1.807) is 25.3 Å². The van der Waals surface area contributed by atoms with Gasteiger partial charge >= 0.3 is 6.43 Å². The van der Waals surface area contributed by atoms with E-state index in [2.05, 4.69) is 23.2 Å². The van der Waals surface area contributed by atoms with Crippen molar-refractivity contribution in [3.8, 4) is 11.1 Å². The molecule has 2 fully saturated rings. The molecule has 1 saturated carbocycles. The van der Waals surface area contributed by atoms with Crippen LogP contribution < -0.4 is 15.1 Å². The second kappa shape index (κ2) is 11.4. The fourth-order valence-corrected chi connectivity index (χ4v) is 4.85. The summed E-state index contributed by atoms with van der Waals surface area (Å²) in [6, 6.07) is 9.19. The lowest BCUT2D eigenvalue weighted by molar-refractivity contribution is -0.134. The number of carbonyl (C=O) groups is 2. The van der Waals surface area contributed by atoms with E-state index in [9.17, 15) is 18.4 Å². The number of anilines is 3. The third kappa shape index (κ3) is 5.84. The van der Waals surface area contributed by atoms with Crippen LogP contribution in [0.4, 0.5) is 26.0 Å². The smallest absolute Gasteiger partial charge is 0.316 e. The molecule has 4 rings (SSSR count). The van der Waals surface area contributed by atoms with E-state index >= 15 is 0 Å². The van der Waals surface area contributed by atoms with Gasteiger partial charge in [-0.15, -0.1) is 0 Å². The van der Waals surface area contributed by atoms with Gasteiger partial charge in [0.1, 0.15) is 0 Å². The molecule has 1 atom stereocenters. The maximum atomic E-state index is 13.0. The first-order valence-corrected chi connectivity index (χ1v) is 12.7. The maximum Gasteiger partial charge on any atom is 0.316 e. The highest BCUT2D eigenvalue weighted by molar-refractivity contribution is 5.95. The molecule has 2 amide bonds. The fraction of sp³-hybridized carbons (Fsp3) is 0.519. The van der Waals surface area contributed by atoms with Crippen LogP contribution in [0.15, 0.2) is 30.3 Å². The molecule has 0 spiro atoms. The average molecular weight is 516 g/mol. The predicted octanol–water partition coefficient (Wildman–Crippen LogP) is 3.97. The molecule has 2 aliphatic rings. The third-order valence-electron chi connectivity index (χ3n) is 7.09. The van der Waals surface area contributed by atoms with Gasteiger partial charge in [0.15, 0.2) is 5.82 Å². The molecule has 1 aliphatic carbocycles. The Labute approximate surface area is 216 Å². The van der Waals surface area contributed by atoms with Crippen LogP contribution in [0.2, 0.25) is 0 Å². The molecular weight excluding hydrogens is 480 g/mol. The minimum absolute atomic E-state index is 0.0354. The van der Waals surface area contributed by atoms with E-state index in [0.29, 0.717) is 44.3 Å². The summed E-state index contributed by atoms with van der Waals surface area (Å²) in [4.78, 5) is 34.7. The zero-order valence-electron chi connectivity index (χ0n) is 21.8. The van der Waals surface area contributed by atoms with Crippen LogP contribution in [0.3, 0.4) is 0 Å². The van der Waals surface area contributed by atoms with Crippen molar-refractivity contribution in [1.82, 2.24) is 9.88 Å². The first kappa shape index (κ1) is 26.8. The van der Waals surface area contributed by atoms with Gasteiger partial charge in [0.05, 0.1) is 24.4 Å². The van der Waals surface area contributed by atoms with Gasteiger partial charge in [0.2, 0.25) is 5.91 Å². The zero-order chi connectivity index (χ0) is 26.7. The molecule has 0 radical (unpaired) electrons. The average Bonchev–Trinajstić information content (AvgIpc) is 3.75. The van der Waals surface area contributed by atoms with Gasteiger partial charge in [-0.2, -0.15) is 8.78 Å². The van der Waals surface area contributed by atoms with Crippen molar-refractivity contribution in [1.29, 1.82) is 0 Å². The number of ether oxygens (including phenoxy) is 1. The van der Waals surface area contributed by atoms with Crippen LogP contribution >= 0.6 is 0 Å². The number of amides is 2. The Morgan fingerprint density at radius 3 is 2.62 bits per heavy atom. The number of aromatic nitrogens is 1. The second-order valence-corrected chi connectivity index (χ2v) is 9.69. The van der Waals surface area contributed by atoms with Gasteiger partial charge in [-0.1, -0.05) is 12.1 Å². The Bertz CT molecular complexity index is 1140. The minimum Gasteiger partial charge on any atom is -0.385 e. The molecule has 1 aromatic carbocycles. The number of hydrogen-bond acceptors (Lipinski definition) is 6. The van der Waals surface area contributed by atoms with E-state index < -0.39 is 12.3 Å². The number of benzene rings is 1. The Kier molecular flexibility index (Phi) is 8.26. The summed E-state index contributed by atoms with van der Waals surface area (Å²) in [6.07, 6.45) is -0.607. The molecule has 8 nitrogen and oxygen atoms in total. The topological polar surface area (TPSA) is 78.0 Å². The number of piperazine rings is 1. The number of nitrogens with one attached hydrogen (secondary N) is 1. The number of halogens is 2. The van der Waals surface area contributed by atoms with Crippen molar-refractivity contribution < 1.29 is 23.1 Å². The standard InChI is InChI=1S/C27H35F2N5O3/c1-17-16-33(11-12-34(17)23(35)10-13-37-4)26-22(30-2)15-21(24(31-26)18-8-9-18)19-6-5-7-20(14-19)32(3)27(36)25(28)29/h5-7,14-15,17-18,25,30H,8-13,16H2,1-4H3. The van der Waals surface area contributed by atoms with Crippen molar-refractivity contribution >= 4 is 29.0 Å². The third-order valence-corrected chi connectivity index (χ3v) is 7.09. The van der Waals surface area contributed by atoms with Crippen LogP contribution in [-0.4, -0.2) is 81.6 Å². The van der Waals surface area contributed by atoms with E-state index in [4.69, 9.17) is 9.72 Å². The zero-order valence-corrected chi connectivity index (χ0v) is 21.8. The molecule has 1 N–H and O–H groups in total. The largest absolute Gasteiger partial charge is 0.385 e. The Morgan fingerprint density at radius 2 is 2.00 bits per heavy atom. The van der Waals surface area contributed by atoms with Crippen molar-refractivity contribution in [3.63, 3.8) is 0 Å². The van der Waals surface area contributed by atoms with Crippen LogP contribution in [-0.2, 0) is 14.3 Å². The predicted molar refractivity (Wildman–Crippen MR) is 140 cm³/mol. The molecule has 2 aromatic rings. The van der Waals surface area contributed by atoms with E-state index in [1.807, 2.05) is 18.0 Å². The highest BCUT2D eigenvalue weighted by Crippen LogP contribution is 2.46. The van der Waals surface area contributed by atoms with Gasteiger partial charge in [-0.05, 0) is 43.5 Å². The number of carbonyl (C=O) groups excluding carboxylic acids is 2. The molecule has 200 valence electrons. The van der Waals surface area contributed by atoms with Crippen molar-refractivity contribution in [2.24, 2.45) is 0 Å². The Balaban J connectivity index is 1.64. The summed E-state index contributed by atoms with van der Waals surface area (Å²) < 4.78 is 31.1. The SMILES string of the molecule is CNc1cc(-c2cccc(N(C)C(=O)C(F)F)c2)c(C2CC2)nc1N1CCN(C(=O)CCOC)C(C)C1. The summed E-state index contributed by atoms with van der Waals surface area (Å²) in [5.74, 6) is 0.0427. The van der Waals surface area contributed by atoms with E-state index in [1.165, 1.54) is 7.05 Å². The molecular formula is C27H35F2N5O3. The summed E-state index contributed by atoms with van der Waals surface area (Å²) >= 11 is 0. The molecule has 37 heavy (non-hydrogen) atoms. The number of methoxy groups -OCH3 is 1. The Morgan fingerprint density at radius 1 is 1.24 bits per heavy atom. The molecule has 1 aromatic heterocycles. The molecule has 1 unspecified atom stereocenters. The number of alkyl halides is 2. The molecule has 0 bridgehead atoms. The van der Waals surface area contributed by atoms with Crippen LogP contribution in [0.5, 0.6) is 0 Å². The monoisotopic (exact) mass is 515 g/mol. The summed E-state index contributed by atoms with van der Waals surface area (Å²) in [6.45, 7) is 4.41. The molecule has 1 aliphatic heterocycles. The van der Waals surface area contributed by atoms with Crippen LogP contribution in [0, 0.1) is 0 Å². The molecule has 1 saturated heterocycles. The molecule has 10 heteroatoms. The number of hydrogen-bond donors (Lipinski definition) is 1. The van der Waals surface area contributed by atoms with Gasteiger partial charge < -0.3 is 24.8 Å². The highest BCUT2D eigenvalue weighted by Gasteiger charge is 2.33. The maximum absolute atomic E-state index is 13.0. The Hall–Kier alpha value is -3.27. The van der Waals surface area contributed by atoms with Crippen LogP contribution in [0.25, 0.3) is 11.1 Å². The lowest BCUT2D eigenvalue weighted by atomic mass is 9.99. The normalized spacial score (nSPS) is 17.8. The van der Waals surface area contributed by atoms with Crippen molar-refractivity contribution in [2.45, 2.75) is 44.6 Å². The highest BCUT2D eigenvalue weighted by atomic mass is 19.3. The van der Waals surface area contributed by atoms with Crippen molar-refractivity contribution in [3.05, 3.63) is 36.0 Å². The summed E-state index contributed by atoms with van der Waals surface area (Å²) in [5, 5.41) is 3.27. The lowest BCUT2D eigenvalue weighted by Crippen LogP contribution is -2.54. The minimum atomic E-state index is -3.06. The van der Waals surface area contributed by atoms with E-state index in [-0.39, 0.29) is 11.9 Å². The fourth-order valence-electron chi connectivity index (χ4n) is 4.85. The van der Waals surface area contributed by atoms with E-state index in [0.717, 1.165) is 46.1 Å². The first-order valence-electron chi connectivity index (χ1n) is 12.7. The van der Waals surface area contributed by atoms with Gasteiger partial charge in [0, 0.05) is 64.0 Å². The lowest BCUT2D eigenvalue weighted by Gasteiger charge is -2.41. The molecule has 2 heterocycles. The second-order valence-electron chi connectivity index (χ2n) is 9.69. The quantitative estimate of drug-likeness (QED) is 0.545. The van der Waals surface area contributed by atoms with Gasteiger partial charge in [-0.3, -0.25) is 9.59 Å². The van der Waals surface area contributed by atoms with Crippen LogP contribution in [0.1, 0.15) is 37.8 Å². The summed E-state index contributed by atoms with van der Waals surface area (Å²) in [7, 11) is 4.80. The van der Waals surface area contributed by atoms with Gasteiger partial charge in [0.25, 0.3) is 5.91 Å². The summed E-state index contributed by atoms with van der Waals surface area (Å²) in [5.41, 5.74) is 3.98. The first-order chi connectivity index (χ1) is 17.7.